The van der Waals surface area contributed by atoms with Gasteiger partial charge in [-0.25, -0.2) is 17.6 Å². The molecule has 7 heteroatoms. The van der Waals surface area contributed by atoms with E-state index in [0.29, 0.717) is 12.6 Å². The quantitative estimate of drug-likeness (QED) is 0.351. The van der Waals surface area contributed by atoms with Crippen LogP contribution in [0.25, 0.3) is 0 Å². The Morgan fingerprint density at radius 2 is 1.00 bits per heavy atom. The monoisotopic (exact) mass is 360 g/mol. The summed E-state index contributed by atoms with van der Waals surface area (Å²) in [5.74, 6) is -3.50. The van der Waals surface area contributed by atoms with Gasteiger partial charge in [-0.2, -0.15) is 12.1 Å². The number of rotatable bonds is 2. The normalized spacial score (nSPS) is 8.17. The molecule has 2 nitrogen and oxygen atoms in total. The smallest absolute Gasteiger partial charge is 0.358 e. The van der Waals surface area contributed by atoms with Crippen LogP contribution in [0.5, 0.6) is 0 Å². The maximum atomic E-state index is 12.3. The van der Waals surface area contributed by atoms with Crippen molar-refractivity contribution in [3.8, 4) is 0 Å². The zero-order valence-electron chi connectivity index (χ0n) is 12.3. The molecule has 0 fully saturated rings. The Balaban J connectivity index is -0.000000308. The third-order valence-electron chi connectivity index (χ3n) is 2.04. The molecule has 0 saturated heterocycles. The summed E-state index contributed by atoms with van der Waals surface area (Å²) in [5.41, 5.74) is -0.359. The van der Waals surface area contributed by atoms with Crippen molar-refractivity contribution in [1.82, 2.24) is 0 Å². The summed E-state index contributed by atoms with van der Waals surface area (Å²) < 4.78 is 48.8. The van der Waals surface area contributed by atoms with Crippen molar-refractivity contribution in [2.24, 2.45) is 0 Å². The van der Waals surface area contributed by atoms with E-state index >= 15 is 0 Å². The van der Waals surface area contributed by atoms with Gasteiger partial charge in [0.1, 0.15) is 0 Å². The van der Waals surface area contributed by atoms with Crippen LogP contribution in [-0.2, 0) is 21.7 Å². The van der Waals surface area contributed by atoms with Gasteiger partial charge >= 0.3 is 21.7 Å². The second-order valence-corrected chi connectivity index (χ2v) is 3.39. The van der Waals surface area contributed by atoms with Gasteiger partial charge < -0.3 is 24.4 Å². The third-order valence-corrected chi connectivity index (χ3v) is 2.04. The molecular weight excluding hydrogens is 348 g/mol. The molecule has 0 atom stereocenters. The fraction of sp³-hybridized carbons (Fsp3) is 0. The maximum Gasteiger partial charge on any atom is 4.00 e. The van der Waals surface area contributed by atoms with Gasteiger partial charge in [-0.1, -0.05) is 11.1 Å². The van der Waals surface area contributed by atoms with E-state index < -0.39 is 23.3 Å². The second-order valence-electron chi connectivity index (χ2n) is 3.39. The first-order chi connectivity index (χ1) is 9.47. The molecule has 0 aliphatic heterocycles. The predicted molar refractivity (Wildman–Crippen MR) is 74.0 cm³/mol. The van der Waals surface area contributed by atoms with Crippen LogP contribution in [0.4, 0.5) is 17.6 Å². The molecule has 0 aliphatic carbocycles. The van der Waals surface area contributed by atoms with Crippen molar-refractivity contribution >= 4 is 12.6 Å². The van der Waals surface area contributed by atoms with Gasteiger partial charge in [0.15, 0.2) is 0 Å². The van der Waals surface area contributed by atoms with Crippen LogP contribution in [0.3, 0.4) is 0 Å². The van der Waals surface area contributed by atoms with Crippen LogP contribution in [0.2, 0.25) is 0 Å². The van der Waals surface area contributed by atoms with Gasteiger partial charge in [0.05, 0.1) is 12.6 Å². The summed E-state index contributed by atoms with van der Waals surface area (Å²) in [6.07, 6.45) is 0.622. The Morgan fingerprint density at radius 1 is 0.696 bits per heavy atom. The van der Waals surface area contributed by atoms with E-state index in [-0.39, 0.29) is 47.7 Å². The van der Waals surface area contributed by atoms with Crippen molar-refractivity contribution < 1.29 is 48.9 Å². The minimum Gasteiger partial charge on any atom is -0.358 e. The van der Waals surface area contributed by atoms with E-state index in [2.05, 4.69) is 0 Å². The summed E-state index contributed by atoms with van der Waals surface area (Å²) >= 11 is 0. The fourth-order valence-corrected chi connectivity index (χ4v) is 1.09. The molecule has 2 aromatic rings. The summed E-state index contributed by atoms with van der Waals surface area (Å²) in [6, 6.07) is 7.54. The van der Waals surface area contributed by atoms with Gasteiger partial charge in [0, 0.05) is 23.3 Å². The molecule has 2 aromatic carbocycles. The van der Waals surface area contributed by atoms with E-state index in [1.165, 1.54) is 0 Å². The summed E-state index contributed by atoms with van der Waals surface area (Å²) in [5, 5.41) is 0. The standard InChI is InChI=1S/2C7H3F2O.2CH3.Ti/c2*8-6-2-1-5(4-10)7(9)3-6;;;/h2*1-2,4H;2*1H3;/q4*-1;+4. The van der Waals surface area contributed by atoms with E-state index in [1.807, 2.05) is 0 Å². The molecule has 0 N–H and O–H groups in total. The molecule has 0 bridgehead atoms. The van der Waals surface area contributed by atoms with Crippen LogP contribution < -0.4 is 0 Å². The number of carbonyl (C=O) groups is 2. The molecule has 0 heterocycles. The van der Waals surface area contributed by atoms with Crippen LogP contribution in [-0.4, -0.2) is 12.6 Å². The Labute approximate surface area is 147 Å². The maximum absolute atomic E-state index is 12.3. The minimum atomic E-state index is -0.949. The molecule has 0 saturated carbocycles. The van der Waals surface area contributed by atoms with Gasteiger partial charge in [-0.15, -0.1) is 24.3 Å². The first kappa shape index (κ1) is 26.1. The van der Waals surface area contributed by atoms with Crippen LogP contribution >= 0.6 is 0 Å². The summed E-state index contributed by atoms with van der Waals surface area (Å²) in [4.78, 5) is 19.9. The van der Waals surface area contributed by atoms with E-state index in [0.717, 1.165) is 24.3 Å². The van der Waals surface area contributed by atoms with E-state index in [9.17, 15) is 27.2 Å². The number of benzene rings is 2. The molecule has 0 spiro atoms. The Morgan fingerprint density at radius 3 is 1.22 bits per heavy atom. The molecule has 0 amide bonds. The molecule has 23 heavy (non-hydrogen) atoms. The van der Waals surface area contributed by atoms with Crippen LogP contribution in [0, 0.1) is 50.3 Å². The first-order valence-corrected chi connectivity index (χ1v) is 5.13. The molecule has 0 radical (unpaired) electrons. The predicted octanol–water partition coefficient (Wildman–Crippen LogP) is 4.05. The van der Waals surface area contributed by atoms with Crippen molar-refractivity contribution in [2.45, 2.75) is 0 Å². The minimum absolute atomic E-state index is 0. The number of carbonyl (C=O) groups excluding carboxylic acids is 2. The average molecular weight is 360 g/mol. The molecule has 2 rings (SSSR count). The zero-order valence-corrected chi connectivity index (χ0v) is 13.9. The Bertz CT molecular complexity index is 578. The molecule has 0 aromatic heterocycles. The molecule has 120 valence electrons. The number of hydrogen-bond acceptors (Lipinski definition) is 2. The summed E-state index contributed by atoms with van der Waals surface area (Å²) in [7, 11) is 0. The largest absolute Gasteiger partial charge is 4.00 e. The van der Waals surface area contributed by atoms with Crippen molar-refractivity contribution in [2.75, 3.05) is 0 Å². The van der Waals surface area contributed by atoms with Crippen molar-refractivity contribution in [3.63, 3.8) is 0 Å². The van der Waals surface area contributed by atoms with Gasteiger partial charge in [0.2, 0.25) is 0 Å². The van der Waals surface area contributed by atoms with Gasteiger partial charge in [-0.05, 0) is 0 Å². The van der Waals surface area contributed by atoms with Crippen LogP contribution in [0.1, 0.15) is 20.7 Å². The molecule has 0 unspecified atom stereocenters. The molecular formula is C16H12F4O2Ti. The van der Waals surface area contributed by atoms with Gasteiger partial charge in [0.25, 0.3) is 0 Å². The van der Waals surface area contributed by atoms with Crippen molar-refractivity contribution in [1.29, 1.82) is 0 Å². The third kappa shape index (κ3) is 8.42. The van der Waals surface area contributed by atoms with Crippen LogP contribution in [0.15, 0.2) is 24.3 Å². The number of aldehydes is 2. The zero-order chi connectivity index (χ0) is 15.1. The SMILES string of the molecule is O=Cc1ccc(F)[c-]c1F.O=Cc1ccc(F)[c-]c1F.[CH3-].[CH3-].[Ti+4]. The Hall–Kier alpha value is -1.79. The fourth-order valence-electron chi connectivity index (χ4n) is 1.09. The second kappa shape index (κ2) is 12.7. The number of hydrogen-bond donors (Lipinski definition) is 0. The summed E-state index contributed by atoms with van der Waals surface area (Å²) in [6.45, 7) is 0. The molecule has 0 aliphatic rings. The van der Waals surface area contributed by atoms with Crippen molar-refractivity contribution in [3.05, 3.63) is 85.6 Å². The van der Waals surface area contributed by atoms with Gasteiger partial charge in [-0.3, -0.25) is 0 Å². The average Bonchev–Trinajstić information content (AvgIpc) is 2.40. The van der Waals surface area contributed by atoms with E-state index in [4.69, 9.17) is 0 Å². The topological polar surface area (TPSA) is 34.1 Å². The first-order valence-electron chi connectivity index (χ1n) is 5.13. The Kier molecular flexibility index (Phi) is 14.5. The number of halogens is 4. The van der Waals surface area contributed by atoms with E-state index in [1.54, 1.807) is 12.1 Å².